The Morgan fingerprint density at radius 3 is 2.77 bits per heavy atom. The number of pyridine rings is 1. The van der Waals surface area contributed by atoms with Gasteiger partial charge in [0.05, 0.1) is 6.04 Å². The molecule has 2 amide bonds. The van der Waals surface area contributed by atoms with E-state index in [0.29, 0.717) is 31.6 Å². The van der Waals surface area contributed by atoms with Gasteiger partial charge in [0, 0.05) is 30.9 Å². The number of hydrogen-bond acceptors (Lipinski definition) is 4. The molecule has 1 atom stereocenters. The number of rotatable bonds is 4. The first-order chi connectivity index (χ1) is 14.3. The lowest BCUT2D eigenvalue weighted by Gasteiger charge is -2.34. The van der Waals surface area contributed by atoms with Gasteiger partial charge in [0.25, 0.3) is 11.8 Å². The fraction of sp³-hybridized carbons (Fsp3) is 0.350. The first kappa shape index (κ1) is 20.3. The fourth-order valence-electron chi connectivity index (χ4n) is 4.14. The Hall–Kier alpha value is -2.94. The molecule has 0 fully saturated rings. The zero-order valence-corrected chi connectivity index (χ0v) is 16.7. The van der Waals surface area contributed by atoms with Gasteiger partial charge in [-0.2, -0.15) is 0 Å². The molecule has 3 heterocycles. The van der Waals surface area contributed by atoms with Gasteiger partial charge < -0.3 is 19.9 Å². The lowest BCUT2D eigenvalue weighted by Crippen LogP contribution is -2.44. The van der Waals surface area contributed by atoms with Crippen molar-refractivity contribution in [2.45, 2.75) is 32.4 Å². The molecule has 2 aliphatic rings. The molecule has 0 bridgehead atoms. The summed E-state index contributed by atoms with van der Waals surface area (Å²) in [6.07, 6.45) is 1.000. The molecule has 4 rings (SSSR count). The van der Waals surface area contributed by atoms with Crippen LogP contribution in [0.5, 0.6) is 5.75 Å². The van der Waals surface area contributed by atoms with Gasteiger partial charge in [-0.25, -0.2) is 8.78 Å². The van der Waals surface area contributed by atoms with Gasteiger partial charge in [-0.3, -0.25) is 14.4 Å². The molecule has 0 aliphatic carbocycles. The van der Waals surface area contributed by atoms with E-state index in [2.05, 4.69) is 5.32 Å². The van der Waals surface area contributed by atoms with Crippen LogP contribution in [0.2, 0.25) is 5.02 Å². The van der Waals surface area contributed by atoms with Gasteiger partial charge in [-0.05, 0) is 25.8 Å². The van der Waals surface area contributed by atoms with Crippen LogP contribution < -0.4 is 10.7 Å². The maximum absolute atomic E-state index is 14.1. The summed E-state index contributed by atoms with van der Waals surface area (Å²) >= 11 is 5.55. The number of amides is 2. The molecule has 0 saturated heterocycles. The van der Waals surface area contributed by atoms with Gasteiger partial charge in [-0.1, -0.05) is 17.7 Å². The number of carbonyl (C=O) groups is 2. The van der Waals surface area contributed by atoms with E-state index in [1.807, 2.05) is 0 Å². The molecule has 7 nitrogen and oxygen atoms in total. The van der Waals surface area contributed by atoms with E-state index in [1.54, 1.807) is 16.4 Å². The highest BCUT2D eigenvalue weighted by Gasteiger charge is 2.40. The standard InChI is InChI=1S/C20H18ClF2N3O4/c1-2-25-8-10-4-6-12-13(17(27)18(28)16(20(25)30)26(10)12)19(29)24-7-9-3-5-11(22)14(21)15(9)23/h3,5,10,28H,2,4,6-8H2,1H3,(H,24,29)/t10-/m1/s1. The maximum Gasteiger partial charge on any atom is 0.274 e. The van der Waals surface area contributed by atoms with Crippen LogP contribution in [0.3, 0.4) is 0 Å². The summed E-state index contributed by atoms with van der Waals surface area (Å²) in [6, 6.07) is 1.97. The Morgan fingerprint density at radius 2 is 2.07 bits per heavy atom. The van der Waals surface area contributed by atoms with Crippen molar-refractivity contribution in [2.75, 3.05) is 13.1 Å². The minimum absolute atomic E-state index is 0.0555. The monoisotopic (exact) mass is 437 g/mol. The largest absolute Gasteiger partial charge is 0.503 e. The molecule has 0 saturated carbocycles. The van der Waals surface area contributed by atoms with Crippen LogP contribution in [0, 0.1) is 11.6 Å². The van der Waals surface area contributed by atoms with E-state index < -0.39 is 39.6 Å². The number of benzene rings is 1. The van der Waals surface area contributed by atoms with Crippen LogP contribution in [0.1, 0.15) is 51.5 Å². The van der Waals surface area contributed by atoms with Crippen LogP contribution >= 0.6 is 11.6 Å². The number of likely N-dealkylation sites (N-methyl/N-ethyl adjacent to an activating group) is 1. The number of nitrogens with zero attached hydrogens (tertiary/aromatic N) is 2. The Morgan fingerprint density at radius 1 is 1.33 bits per heavy atom. The van der Waals surface area contributed by atoms with Crippen molar-refractivity contribution in [1.29, 1.82) is 0 Å². The highest BCUT2D eigenvalue weighted by molar-refractivity contribution is 6.30. The second-order valence-electron chi connectivity index (χ2n) is 7.27. The van der Waals surface area contributed by atoms with E-state index in [-0.39, 0.29) is 29.4 Å². The maximum atomic E-state index is 14.1. The van der Waals surface area contributed by atoms with Crippen LogP contribution in [0.25, 0.3) is 0 Å². The molecular weight excluding hydrogens is 420 g/mol. The third-order valence-corrected chi connectivity index (χ3v) is 6.00. The minimum atomic E-state index is -1.00. The van der Waals surface area contributed by atoms with Crippen molar-refractivity contribution in [3.05, 3.63) is 61.5 Å². The lowest BCUT2D eigenvalue weighted by atomic mass is 10.1. The zero-order valence-electron chi connectivity index (χ0n) is 16.0. The molecule has 2 aromatic rings. The van der Waals surface area contributed by atoms with Crippen molar-refractivity contribution in [1.82, 2.24) is 14.8 Å². The van der Waals surface area contributed by atoms with Crippen LogP contribution in [-0.4, -0.2) is 39.5 Å². The Kier molecular flexibility index (Phi) is 5.01. The van der Waals surface area contributed by atoms with E-state index >= 15 is 0 Å². The van der Waals surface area contributed by atoms with Gasteiger partial charge in [0.2, 0.25) is 5.43 Å². The molecule has 10 heteroatoms. The number of carbonyl (C=O) groups excluding carboxylic acids is 2. The van der Waals surface area contributed by atoms with Crippen molar-refractivity contribution in [2.24, 2.45) is 0 Å². The van der Waals surface area contributed by atoms with Crippen molar-refractivity contribution in [3.63, 3.8) is 0 Å². The summed E-state index contributed by atoms with van der Waals surface area (Å²) < 4.78 is 29.0. The molecule has 1 aromatic heterocycles. The molecule has 30 heavy (non-hydrogen) atoms. The Balaban J connectivity index is 1.71. The fourth-order valence-corrected chi connectivity index (χ4v) is 4.33. The first-order valence-electron chi connectivity index (χ1n) is 9.46. The molecule has 0 radical (unpaired) electrons. The van der Waals surface area contributed by atoms with Gasteiger partial charge in [0.1, 0.15) is 22.2 Å². The second-order valence-corrected chi connectivity index (χ2v) is 7.65. The normalized spacial score (nSPS) is 17.3. The average Bonchev–Trinajstić information content (AvgIpc) is 3.13. The van der Waals surface area contributed by atoms with E-state index in [0.717, 1.165) is 12.1 Å². The van der Waals surface area contributed by atoms with Gasteiger partial charge in [-0.15, -0.1) is 0 Å². The Bertz CT molecular complexity index is 1150. The average molecular weight is 438 g/mol. The molecular formula is C20H18ClF2N3O4. The number of hydrogen-bond donors (Lipinski definition) is 2. The summed E-state index contributed by atoms with van der Waals surface area (Å²) in [7, 11) is 0. The third kappa shape index (κ3) is 2.96. The van der Waals surface area contributed by atoms with Crippen molar-refractivity contribution < 1.29 is 23.5 Å². The lowest BCUT2D eigenvalue weighted by molar-refractivity contribution is 0.0676. The van der Waals surface area contributed by atoms with E-state index in [9.17, 15) is 28.3 Å². The summed E-state index contributed by atoms with van der Waals surface area (Å²) in [6.45, 7) is 2.34. The van der Waals surface area contributed by atoms with Crippen LogP contribution in [-0.2, 0) is 13.0 Å². The SMILES string of the molecule is CCN1C[C@H]2CCc3c(C(=O)NCc4ccc(F)c(Cl)c4F)c(=O)c(O)c(n32)C1=O. The van der Waals surface area contributed by atoms with Gasteiger partial charge >= 0.3 is 0 Å². The first-order valence-corrected chi connectivity index (χ1v) is 9.84. The number of aromatic nitrogens is 1. The molecule has 1 aromatic carbocycles. The van der Waals surface area contributed by atoms with Crippen molar-refractivity contribution in [3.8, 4) is 5.75 Å². The van der Waals surface area contributed by atoms with E-state index in [1.165, 1.54) is 0 Å². The summed E-state index contributed by atoms with van der Waals surface area (Å²) in [5.74, 6) is -3.97. The van der Waals surface area contributed by atoms with Crippen LogP contribution in [0.4, 0.5) is 8.78 Å². The van der Waals surface area contributed by atoms with Crippen molar-refractivity contribution >= 4 is 23.4 Å². The molecule has 0 spiro atoms. The molecule has 0 unspecified atom stereocenters. The highest BCUT2D eigenvalue weighted by Crippen LogP contribution is 2.36. The summed E-state index contributed by atoms with van der Waals surface area (Å²) in [5, 5.41) is 12.2. The summed E-state index contributed by atoms with van der Waals surface area (Å²) in [4.78, 5) is 39.7. The van der Waals surface area contributed by atoms with Crippen LogP contribution in [0.15, 0.2) is 16.9 Å². The summed E-state index contributed by atoms with van der Waals surface area (Å²) in [5.41, 5.74) is -1.00. The minimum Gasteiger partial charge on any atom is -0.503 e. The zero-order chi connectivity index (χ0) is 21.7. The number of nitrogens with one attached hydrogen (secondary N) is 1. The van der Waals surface area contributed by atoms with Gasteiger partial charge in [0.15, 0.2) is 11.4 Å². The third-order valence-electron chi connectivity index (χ3n) is 5.65. The number of aromatic hydroxyl groups is 1. The predicted octanol–water partition coefficient (Wildman–Crippen LogP) is 2.38. The molecule has 2 N–H and O–H groups in total. The topological polar surface area (TPSA) is 91.6 Å². The highest BCUT2D eigenvalue weighted by atomic mass is 35.5. The molecule has 158 valence electrons. The van der Waals surface area contributed by atoms with E-state index in [4.69, 9.17) is 11.6 Å². The smallest absolute Gasteiger partial charge is 0.274 e. The second kappa shape index (κ2) is 7.39. The molecule has 2 aliphatic heterocycles. The quantitative estimate of drug-likeness (QED) is 0.718. The number of halogens is 3. The predicted molar refractivity (Wildman–Crippen MR) is 104 cm³/mol. The Labute approximate surface area is 174 Å².